The number of allylic oxidation sites excluding steroid dienone is 6. The zero-order chi connectivity index (χ0) is 16.0. The summed E-state index contributed by atoms with van der Waals surface area (Å²) < 4.78 is 0. The van der Waals surface area contributed by atoms with Crippen molar-refractivity contribution in [3.05, 3.63) is 48.2 Å². The second-order valence-electron chi connectivity index (χ2n) is 4.68. The smallest absolute Gasteiger partial charge is 0.0787 e. The zero-order valence-electron chi connectivity index (χ0n) is 14.5. The van der Waals surface area contributed by atoms with Crippen LogP contribution in [0.3, 0.4) is 0 Å². The lowest BCUT2D eigenvalue weighted by Gasteiger charge is -2.29. The van der Waals surface area contributed by atoms with E-state index >= 15 is 0 Å². The quantitative estimate of drug-likeness (QED) is 0.582. The van der Waals surface area contributed by atoms with E-state index in [9.17, 15) is 0 Å². The van der Waals surface area contributed by atoms with E-state index in [2.05, 4.69) is 61.1 Å². The highest BCUT2D eigenvalue weighted by Crippen LogP contribution is 2.12. The molecule has 0 aliphatic heterocycles. The third kappa shape index (κ3) is 10.6. The molecule has 116 valence electrons. The molecule has 1 atom stereocenters. The van der Waals surface area contributed by atoms with E-state index in [1.54, 1.807) is 0 Å². The van der Waals surface area contributed by atoms with E-state index in [0.29, 0.717) is 6.17 Å². The fourth-order valence-electron chi connectivity index (χ4n) is 1.68. The molecule has 2 heteroatoms. The molecule has 1 aliphatic carbocycles. The van der Waals surface area contributed by atoms with Gasteiger partial charge in [-0.3, -0.25) is 0 Å². The first-order valence-corrected chi connectivity index (χ1v) is 7.58. The van der Waals surface area contributed by atoms with Gasteiger partial charge in [-0.1, -0.05) is 50.6 Å². The summed E-state index contributed by atoms with van der Waals surface area (Å²) in [4.78, 5) is 2.28. The second kappa shape index (κ2) is 14.1. The van der Waals surface area contributed by atoms with Crippen molar-refractivity contribution in [1.29, 1.82) is 0 Å². The van der Waals surface area contributed by atoms with Gasteiger partial charge in [-0.2, -0.15) is 0 Å². The van der Waals surface area contributed by atoms with Crippen molar-refractivity contribution in [2.24, 2.45) is 0 Å². The van der Waals surface area contributed by atoms with Crippen molar-refractivity contribution in [3.63, 3.8) is 0 Å². The van der Waals surface area contributed by atoms with E-state index in [1.807, 2.05) is 34.7 Å². The molecule has 0 amide bonds. The average Bonchev–Trinajstić information content (AvgIpc) is 2.70. The highest BCUT2D eigenvalue weighted by atomic mass is 15.2. The third-order valence-corrected chi connectivity index (χ3v) is 2.57. The Morgan fingerprint density at radius 1 is 1.35 bits per heavy atom. The first-order chi connectivity index (χ1) is 9.52. The molecule has 0 aromatic rings. The molecule has 0 radical (unpaired) electrons. The van der Waals surface area contributed by atoms with Crippen LogP contribution in [-0.2, 0) is 0 Å². The Kier molecular flexibility index (Phi) is 14.9. The second-order valence-corrected chi connectivity index (χ2v) is 4.68. The summed E-state index contributed by atoms with van der Waals surface area (Å²) in [6, 6.07) is 0. The Morgan fingerprint density at radius 3 is 2.35 bits per heavy atom. The summed E-state index contributed by atoms with van der Waals surface area (Å²) in [5.74, 6) is 0. The van der Waals surface area contributed by atoms with E-state index in [1.165, 1.54) is 11.3 Å². The van der Waals surface area contributed by atoms with E-state index in [-0.39, 0.29) is 0 Å². The molecule has 1 N–H and O–H groups in total. The molecular weight excluding hydrogens is 244 g/mol. The van der Waals surface area contributed by atoms with Gasteiger partial charge in [-0.25, -0.2) is 0 Å². The normalized spacial score (nSPS) is 13.8. The number of nitrogens with one attached hydrogen (secondary N) is 1. The number of hydrogen-bond acceptors (Lipinski definition) is 2. The Bertz CT molecular complexity index is 316. The Hall–Kier alpha value is -1.28. The summed E-state index contributed by atoms with van der Waals surface area (Å²) in [5, 5.41) is 3.30. The van der Waals surface area contributed by atoms with E-state index in [0.717, 1.165) is 12.8 Å². The van der Waals surface area contributed by atoms with Gasteiger partial charge in [-0.05, 0) is 39.8 Å². The average molecular weight is 278 g/mol. The fourth-order valence-corrected chi connectivity index (χ4v) is 1.68. The van der Waals surface area contributed by atoms with Crippen LogP contribution in [0.1, 0.15) is 47.5 Å². The van der Waals surface area contributed by atoms with Gasteiger partial charge in [-0.15, -0.1) is 6.58 Å². The van der Waals surface area contributed by atoms with Gasteiger partial charge in [0, 0.05) is 12.7 Å². The van der Waals surface area contributed by atoms with Gasteiger partial charge < -0.3 is 10.2 Å². The van der Waals surface area contributed by atoms with Crippen LogP contribution in [0.5, 0.6) is 0 Å². The van der Waals surface area contributed by atoms with Gasteiger partial charge in [0.1, 0.15) is 0 Å². The van der Waals surface area contributed by atoms with Gasteiger partial charge in [0.05, 0.1) is 6.17 Å². The first-order valence-electron chi connectivity index (χ1n) is 7.58. The molecule has 0 heterocycles. The lowest BCUT2D eigenvalue weighted by Crippen LogP contribution is -2.40. The maximum atomic E-state index is 3.56. The minimum Gasteiger partial charge on any atom is -0.359 e. The zero-order valence-corrected chi connectivity index (χ0v) is 14.5. The molecule has 0 spiro atoms. The number of likely N-dealkylation sites (N-methyl/N-ethyl adjacent to an activating group) is 1. The third-order valence-electron chi connectivity index (χ3n) is 2.57. The molecule has 0 saturated heterocycles. The van der Waals surface area contributed by atoms with Crippen molar-refractivity contribution >= 4 is 0 Å². The molecule has 0 saturated carbocycles. The van der Waals surface area contributed by atoms with Gasteiger partial charge >= 0.3 is 0 Å². The van der Waals surface area contributed by atoms with E-state index < -0.39 is 0 Å². The molecule has 0 bridgehead atoms. The summed E-state index contributed by atoms with van der Waals surface area (Å²) in [6.45, 7) is 13.7. The number of rotatable bonds is 4. The van der Waals surface area contributed by atoms with Crippen LogP contribution < -0.4 is 5.32 Å². The Balaban J connectivity index is 0. The fraction of sp³-hybridized carbons (Fsp3) is 0.556. The van der Waals surface area contributed by atoms with Crippen LogP contribution in [0.2, 0.25) is 0 Å². The Labute approximate surface area is 127 Å². The van der Waals surface area contributed by atoms with Crippen molar-refractivity contribution < 1.29 is 0 Å². The van der Waals surface area contributed by atoms with Crippen molar-refractivity contribution in [1.82, 2.24) is 10.2 Å². The minimum absolute atomic E-state index is 0.420. The highest BCUT2D eigenvalue weighted by molar-refractivity contribution is 5.25. The highest BCUT2D eigenvalue weighted by Gasteiger charge is 2.10. The largest absolute Gasteiger partial charge is 0.359 e. The predicted molar refractivity (Wildman–Crippen MR) is 93.7 cm³/mol. The van der Waals surface area contributed by atoms with Crippen molar-refractivity contribution in [2.45, 2.75) is 53.6 Å². The molecule has 1 aliphatic rings. The molecule has 1 rings (SSSR count). The summed E-state index contributed by atoms with van der Waals surface area (Å²) in [6.07, 6.45) is 13.3. The van der Waals surface area contributed by atoms with Crippen LogP contribution in [0, 0.1) is 0 Å². The molecule has 2 nitrogen and oxygen atoms in total. The lowest BCUT2D eigenvalue weighted by atomic mass is 10.2. The summed E-state index contributed by atoms with van der Waals surface area (Å²) in [5.41, 5.74) is 2.45. The van der Waals surface area contributed by atoms with Gasteiger partial charge in [0.2, 0.25) is 0 Å². The minimum atomic E-state index is 0.420. The summed E-state index contributed by atoms with van der Waals surface area (Å²) in [7, 11) is 4.13. The number of hydrogen-bond donors (Lipinski definition) is 1. The Morgan fingerprint density at radius 2 is 1.90 bits per heavy atom. The van der Waals surface area contributed by atoms with Crippen LogP contribution in [0.4, 0.5) is 0 Å². The van der Waals surface area contributed by atoms with Crippen molar-refractivity contribution in [3.8, 4) is 0 Å². The number of nitrogens with zero attached hydrogens (tertiary/aromatic N) is 1. The predicted octanol–water partition coefficient (Wildman–Crippen LogP) is 4.88. The van der Waals surface area contributed by atoms with Crippen molar-refractivity contribution in [2.75, 3.05) is 14.1 Å². The maximum Gasteiger partial charge on any atom is 0.0787 e. The first kappa shape index (κ1) is 21.0. The molecule has 1 unspecified atom stereocenters. The van der Waals surface area contributed by atoms with Crippen LogP contribution in [0.25, 0.3) is 0 Å². The van der Waals surface area contributed by atoms with Crippen LogP contribution in [0.15, 0.2) is 48.2 Å². The molecule has 20 heavy (non-hydrogen) atoms. The molecule has 0 aromatic heterocycles. The maximum absolute atomic E-state index is 3.56. The summed E-state index contributed by atoms with van der Waals surface area (Å²) >= 11 is 0. The topological polar surface area (TPSA) is 15.3 Å². The lowest BCUT2D eigenvalue weighted by molar-refractivity contribution is 0.267. The SMILES string of the molecule is C=C(C)C.CC.CCC(NC)N(C)C1=CCC=CC=C1. The van der Waals surface area contributed by atoms with Crippen LogP contribution in [-0.4, -0.2) is 25.2 Å². The monoisotopic (exact) mass is 278 g/mol. The van der Waals surface area contributed by atoms with Gasteiger partial charge in [0.25, 0.3) is 0 Å². The standard InChI is InChI=1S/C12H20N2.C4H8.C2H6/c1-4-12(13-2)14(3)11-9-7-5-6-8-10-11;1-4(2)3;1-2/h5-7,9-10,12-13H,4,8H2,1-3H3;1H2,2-3H3;1-2H3. The molecule has 0 aromatic carbocycles. The van der Waals surface area contributed by atoms with E-state index in [4.69, 9.17) is 0 Å². The van der Waals surface area contributed by atoms with Gasteiger partial charge in [0.15, 0.2) is 0 Å². The van der Waals surface area contributed by atoms with Crippen LogP contribution >= 0.6 is 0 Å². The molecular formula is C18H34N2. The molecule has 0 fully saturated rings.